The lowest BCUT2D eigenvalue weighted by atomic mass is 10.1. The molecule has 0 aromatic heterocycles. The second-order valence-corrected chi connectivity index (χ2v) is 7.08. The van der Waals surface area contributed by atoms with Gasteiger partial charge in [0.2, 0.25) is 15.9 Å². The number of carboxylic acid groups (broad SMARTS) is 1. The van der Waals surface area contributed by atoms with Gasteiger partial charge in [0.15, 0.2) is 0 Å². The van der Waals surface area contributed by atoms with Gasteiger partial charge in [-0.15, -0.1) is 0 Å². The van der Waals surface area contributed by atoms with E-state index in [1.807, 2.05) is 0 Å². The Bertz CT molecular complexity index is 489. The number of carbonyl (C=O) groups excluding carboxylic acids is 1. The van der Waals surface area contributed by atoms with Crippen molar-refractivity contribution in [3.8, 4) is 0 Å². The van der Waals surface area contributed by atoms with Gasteiger partial charge in [0, 0.05) is 19.1 Å². The summed E-state index contributed by atoms with van der Waals surface area (Å²) in [5, 5.41) is 8.81. The van der Waals surface area contributed by atoms with Crippen LogP contribution in [-0.4, -0.2) is 55.7 Å². The maximum Gasteiger partial charge on any atom is 0.307 e. The molecule has 2 N–H and O–H groups in total. The number of nitrogens with zero attached hydrogens (tertiary/aromatic N) is 1. The lowest BCUT2D eigenvalue weighted by Crippen LogP contribution is -2.49. The van der Waals surface area contributed by atoms with Gasteiger partial charge in [0.25, 0.3) is 0 Å². The highest BCUT2D eigenvalue weighted by Crippen LogP contribution is 2.40. The Balaban J connectivity index is 1.91. The zero-order chi connectivity index (χ0) is 14.2. The van der Waals surface area contributed by atoms with Crippen LogP contribution in [0.5, 0.6) is 0 Å². The number of amides is 1. The molecule has 0 radical (unpaired) electrons. The molecule has 1 aliphatic heterocycles. The predicted octanol–water partition coefficient (Wildman–Crippen LogP) is -0.753. The van der Waals surface area contributed by atoms with Gasteiger partial charge < -0.3 is 10.0 Å². The Morgan fingerprint density at radius 2 is 2.00 bits per heavy atom. The van der Waals surface area contributed by atoms with Crippen LogP contribution in [0.4, 0.5) is 0 Å². The van der Waals surface area contributed by atoms with Crippen LogP contribution in [0.1, 0.15) is 19.3 Å². The van der Waals surface area contributed by atoms with Crippen LogP contribution in [-0.2, 0) is 19.6 Å². The SMILES string of the molecule is CS(=O)(=O)NC1CCCN(C(=O)C2CC2C(=O)O)C1. The van der Waals surface area contributed by atoms with E-state index >= 15 is 0 Å². The number of rotatable bonds is 4. The van der Waals surface area contributed by atoms with Crippen molar-refractivity contribution in [2.45, 2.75) is 25.3 Å². The molecule has 1 amide bonds. The molecular formula is C11H18N2O5S. The Morgan fingerprint density at radius 1 is 1.32 bits per heavy atom. The summed E-state index contributed by atoms with van der Waals surface area (Å²) in [6.07, 6.45) is 2.91. The van der Waals surface area contributed by atoms with Gasteiger partial charge in [-0.3, -0.25) is 9.59 Å². The predicted molar refractivity (Wildman–Crippen MR) is 66.8 cm³/mol. The quantitative estimate of drug-likeness (QED) is 0.709. The molecule has 19 heavy (non-hydrogen) atoms. The summed E-state index contributed by atoms with van der Waals surface area (Å²) in [6, 6.07) is -0.269. The molecular weight excluding hydrogens is 272 g/mol. The van der Waals surface area contributed by atoms with Gasteiger partial charge in [-0.25, -0.2) is 13.1 Å². The largest absolute Gasteiger partial charge is 0.481 e. The molecule has 1 saturated carbocycles. The minimum Gasteiger partial charge on any atom is -0.481 e. The Labute approximate surface area is 112 Å². The molecule has 0 spiro atoms. The first-order valence-electron chi connectivity index (χ1n) is 6.27. The molecule has 108 valence electrons. The highest BCUT2D eigenvalue weighted by Gasteiger charge is 2.50. The van der Waals surface area contributed by atoms with E-state index in [9.17, 15) is 18.0 Å². The normalized spacial score (nSPS) is 31.0. The molecule has 2 aliphatic rings. The summed E-state index contributed by atoms with van der Waals surface area (Å²) in [7, 11) is -3.28. The van der Waals surface area contributed by atoms with Crippen LogP contribution < -0.4 is 4.72 Å². The van der Waals surface area contributed by atoms with E-state index in [1.54, 1.807) is 4.90 Å². The Morgan fingerprint density at radius 3 is 2.53 bits per heavy atom. The second kappa shape index (κ2) is 5.09. The van der Waals surface area contributed by atoms with Crippen LogP contribution in [0.3, 0.4) is 0 Å². The molecule has 7 nitrogen and oxygen atoms in total. The van der Waals surface area contributed by atoms with Crippen molar-refractivity contribution in [3.05, 3.63) is 0 Å². The molecule has 1 saturated heterocycles. The van der Waals surface area contributed by atoms with Crippen molar-refractivity contribution in [1.82, 2.24) is 9.62 Å². The zero-order valence-electron chi connectivity index (χ0n) is 10.7. The minimum absolute atomic E-state index is 0.160. The van der Waals surface area contributed by atoms with Gasteiger partial charge in [-0.05, 0) is 19.3 Å². The number of hydrogen-bond acceptors (Lipinski definition) is 4. The summed E-state index contributed by atoms with van der Waals surface area (Å²) in [5.74, 6) is -2.07. The number of nitrogens with one attached hydrogen (secondary N) is 1. The third-order valence-electron chi connectivity index (χ3n) is 3.54. The minimum atomic E-state index is -3.28. The second-order valence-electron chi connectivity index (χ2n) is 5.30. The summed E-state index contributed by atoms with van der Waals surface area (Å²) in [5.41, 5.74) is 0. The number of aliphatic carboxylic acids is 1. The van der Waals surface area contributed by atoms with Gasteiger partial charge in [-0.1, -0.05) is 0 Å². The molecule has 2 fully saturated rings. The van der Waals surface area contributed by atoms with E-state index in [0.29, 0.717) is 25.9 Å². The molecule has 8 heteroatoms. The first-order chi connectivity index (χ1) is 8.78. The highest BCUT2D eigenvalue weighted by molar-refractivity contribution is 7.88. The summed E-state index contributed by atoms with van der Waals surface area (Å²) >= 11 is 0. The fourth-order valence-corrected chi connectivity index (χ4v) is 3.35. The molecule has 3 unspecified atom stereocenters. The average molecular weight is 290 g/mol. The Kier molecular flexibility index (Phi) is 3.82. The van der Waals surface area contributed by atoms with Gasteiger partial charge in [0.05, 0.1) is 18.1 Å². The fourth-order valence-electron chi connectivity index (χ4n) is 2.55. The number of hydrogen-bond donors (Lipinski definition) is 2. The molecule has 1 aliphatic carbocycles. The molecule has 0 bridgehead atoms. The van der Waals surface area contributed by atoms with Crippen molar-refractivity contribution >= 4 is 21.9 Å². The van der Waals surface area contributed by atoms with Gasteiger partial charge in [0.1, 0.15) is 0 Å². The zero-order valence-corrected chi connectivity index (χ0v) is 11.5. The van der Waals surface area contributed by atoms with Crippen LogP contribution >= 0.6 is 0 Å². The lowest BCUT2D eigenvalue weighted by Gasteiger charge is -2.33. The first kappa shape index (κ1) is 14.3. The van der Waals surface area contributed by atoms with Crippen LogP contribution in [0.15, 0.2) is 0 Å². The smallest absolute Gasteiger partial charge is 0.307 e. The molecule has 3 atom stereocenters. The number of carboxylic acids is 1. The van der Waals surface area contributed by atoms with E-state index in [4.69, 9.17) is 5.11 Å². The van der Waals surface area contributed by atoms with Crippen molar-refractivity contribution in [1.29, 1.82) is 0 Å². The first-order valence-corrected chi connectivity index (χ1v) is 8.16. The third kappa shape index (κ3) is 3.66. The van der Waals surface area contributed by atoms with Gasteiger partial charge in [-0.2, -0.15) is 0 Å². The topological polar surface area (TPSA) is 104 Å². The Hall–Kier alpha value is -1.15. The van der Waals surface area contributed by atoms with Crippen LogP contribution in [0.25, 0.3) is 0 Å². The summed E-state index contributed by atoms with van der Waals surface area (Å²) in [6.45, 7) is 0.901. The van der Waals surface area contributed by atoms with Crippen molar-refractivity contribution in [3.63, 3.8) is 0 Å². The van der Waals surface area contributed by atoms with Crippen LogP contribution in [0.2, 0.25) is 0 Å². The van der Waals surface area contributed by atoms with E-state index in [1.165, 1.54) is 0 Å². The number of carbonyl (C=O) groups is 2. The molecule has 1 heterocycles. The molecule has 0 aromatic carbocycles. The van der Waals surface area contributed by atoms with E-state index in [-0.39, 0.29) is 11.9 Å². The molecule has 2 rings (SSSR count). The van der Waals surface area contributed by atoms with Crippen molar-refractivity contribution in [2.24, 2.45) is 11.8 Å². The van der Waals surface area contributed by atoms with Crippen molar-refractivity contribution < 1.29 is 23.1 Å². The molecule has 0 aromatic rings. The monoisotopic (exact) mass is 290 g/mol. The van der Waals surface area contributed by atoms with Gasteiger partial charge >= 0.3 is 5.97 Å². The third-order valence-corrected chi connectivity index (χ3v) is 4.30. The maximum atomic E-state index is 12.1. The maximum absolute atomic E-state index is 12.1. The summed E-state index contributed by atoms with van der Waals surface area (Å²) in [4.78, 5) is 24.4. The fraction of sp³-hybridized carbons (Fsp3) is 0.818. The van der Waals surface area contributed by atoms with Crippen LogP contribution in [0, 0.1) is 11.8 Å². The number of piperidine rings is 1. The number of likely N-dealkylation sites (tertiary alicyclic amines) is 1. The van der Waals surface area contributed by atoms with E-state index in [0.717, 1.165) is 12.7 Å². The standard InChI is InChI=1S/C11H18N2O5S/c1-19(17,18)12-7-3-2-4-13(6-7)10(14)8-5-9(8)11(15)16/h7-9,12H,2-6H2,1H3,(H,15,16). The average Bonchev–Trinajstić information content (AvgIpc) is 3.06. The number of sulfonamides is 1. The lowest BCUT2D eigenvalue weighted by molar-refractivity contribution is -0.142. The van der Waals surface area contributed by atoms with E-state index in [2.05, 4.69) is 4.72 Å². The summed E-state index contributed by atoms with van der Waals surface area (Å²) < 4.78 is 24.8. The van der Waals surface area contributed by atoms with Crippen molar-refractivity contribution in [2.75, 3.05) is 19.3 Å². The highest BCUT2D eigenvalue weighted by atomic mass is 32.2. The van der Waals surface area contributed by atoms with E-state index < -0.39 is 27.8 Å².